The highest BCUT2D eigenvalue weighted by Gasteiger charge is 2.29. The number of urea groups is 1. The number of primary amides is 1. The third-order valence-corrected chi connectivity index (χ3v) is 10.6. The number of carbonyl (C=O) groups is 4. The smallest absolute Gasteiger partial charge is 0.410 e. The summed E-state index contributed by atoms with van der Waals surface area (Å²) in [5, 5.41) is 27.0. The molecule has 6 rings (SSSR count). The molecule has 1 aliphatic rings. The fourth-order valence-electron chi connectivity index (χ4n) is 7.07. The number of anilines is 2. The first-order chi connectivity index (χ1) is 29.7. The number of aromatic nitrogens is 4. The number of aryl methyl sites for hydroxylation is 1. The molecule has 4 amide bonds. The highest BCUT2D eigenvalue weighted by molar-refractivity contribution is 5.93. The number of nitrogens with one attached hydrogen (secondary N) is 3. The van der Waals surface area contributed by atoms with Crippen LogP contribution >= 0.6 is 0 Å². The number of amides is 4. The van der Waals surface area contributed by atoms with Crippen molar-refractivity contribution >= 4 is 46.5 Å². The molecule has 0 spiro atoms. The molecule has 3 heterocycles. The molecule has 0 saturated carbocycles. The van der Waals surface area contributed by atoms with Gasteiger partial charge in [-0.1, -0.05) is 47.7 Å². The van der Waals surface area contributed by atoms with E-state index >= 15 is 4.39 Å². The van der Waals surface area contributed by atoms with E-state index in [1.165, 1.54) is 6.20 Å². The lowest BCUT2D eigenvalue weighted by molar-refractivity contribution is 0.0694. The number of hydrogen-bond acceptors (Lipinski definition) is 11. The number of carboxylic acids is 1. The number of nitrogens with zero attached hydrogens (tertiary/aromatic N) is 6. The number of piperazine rings is 1. The number of rotatable bonds is 17. The van der Waals surface area contributed by atoms with Gasteiger partial charge >= 0.3 is 24.2 Å². The van der Waals surface area contributed by atoms with Crippen molar-refractivity contribution < 1.29 is 38.1 Å². The summed E-state index contributed by atoms with van der Waals surface area (Å²) in [4.78, 5) is 64.6. The lowest BCUT2D eigenvalue weighted by Gasteiger charge is -2.35. The quantitative estimate of drug-likeness (QED) is 0.0764. The Labute approximate surface area is 356 Å². The minimum Gasteiger partial charge on any atom is -0.477 e. The Kier molecular flexibility index (Phi) is 14.3. The summed E-state index contributed by atoms with van der Waals surface area (Å²) in [5.74, 6) is -2.02. The Bertz CT molecular complexity index is 2430. The number of aromatic carboxylic acids is 1. The van der Waals surface area contributed by atoms with E-state index in [0.29, 0.717) is 56.8 Å². The molecule has 3 aromatic carbocycles. The maximum Gasteiger partial charge on any atom is 0.410 e. The molecule has 2 aromatic heterocycles. The van der Waals surface area contributed by atoms with E-state index in [1.807, 2.05) is 54.6 Å². The number of hydrogen-bond donors (Lipinski definition) is 5. The Morgan fingerprint density at radius 2 is 1.65 bits per heavy atom. The lowest BCUT2D eigenvalue weighted by Crippen LogP contribution is -2.49. The van der Waals surface area contributed by atoms with Gasteiger partial charge in [0.25, 0.3) is 0 Å². The van der Waals surface area contributed by atoms with Crippen LogP contribution in [0.1, 0.15) is 66.8 Å². The number of alkyl carbamates (subject to hydrolysis) is 1. The van der Waals surface area contributed by atoms with Crippen LogP contribution in [0.2, 0.25) is 0 Å². The van der Waals surface area contributed by atoms with Gasteiger partial charge in [0.1, 0.15) is 30.3 Å². The van der Waals surface area contributed by atoms with Crippen molar-refractivity contribution in [2.75, 3.05) is 49.5 Å². The molecule has 0 unspecified atom stereocenters. The average Bonchev–Trinajstić information content (AvgIpc) is 3.77. The molecule has 1 aliphatic heterocycles. The standard InChI is InChI=1S/C43H51FN10O8/c1-4-51-24-33(39(56)57)38(55)32-21-34(44)36(22-35(32)51)52-17-19-53(20-18-52)42(60)62-27-29-12-14-30(15-13-29)47-23-31(11-8-16-46-40(45)58)54-25-37(49-50-54)43(2,3)48-41(59)61-26-28-9-6-5-7-10-28/h5-7,9-10,12-15,21-22,24-25,31,47H,4,8,11,16-20,23,26-27H2,1-3H3,(H,48,59)(H,56,57)(H3,45,46,58)/t31-/m0/s1. The first-order valence-corrected chi connectivity index (χ1v) is 20.3. The van der Waals surface area contributed by atoms with Crippen molar-refractivity contribution in [1.82, 2.24) is 35.1 Å². The summed E-state index contributed by atoms with van der Waals surface area (Å²) in [7, 11) is 0. The first kappa shape index (κ1) is 44.4. The molecule has 0 bridgehead atoms. The van der Waals surface area contributed by atoms with Crippen LogP contribution in [-0.2, 0) is 34.8 Å². The zero-order chi connectivity index (χ0) is 44.4. The monoisotopic (exact) mass is 854 g/mol. The maximum atomic E-state index is 15.3. The molecule has 6 N–H and O–H groups in total. The van der Waals surface area contributed by atoms with Crippen LogP contribution in [-0.4, -0.2) is 93.0 Å². The van der Waals surface area contributed by atoms with Crippen LogP contribution in [0.5, 0.6) is 0 Å². The molecule has 62 heavy (non-hydrogen) atoms. The third kappa shape index (κ3) is 11.1. The van der Waals surface area contributed by atoms with Crippen LogP contribution in [0.4, 0.5) is 30.1 Å². The second kappa shape index (κ2) is 19.9. The summed E-state index contributed by atoms with van der Waals surface area (Å²) in [5.41, 5.74) is 6.83. The number of fused-ring (bicyclic) bond motifs is 1. The molecule has 19 heteroatoms. The van der Waals surface area contributed by atoms with E-state index in [9.17, 15) is 29.1 Å². The van der Waals surface area contributed by atoms with Crippen LogP contribution in [0.15, 0.2) is 83.9 Å². The van der Waals surface area contributed by atoms with Crippen molar-refractivity contribution in [3.63, 3.8) is 0 Å². The predicted molar refractivity (Wildman–Crippen MR) is 228 cm³/mol. The van der Waals surface area contributed by atoms with Gasteiger partial charge in [-0.2, -0.15) is 0 Å². The topological polar surface area (TPSA) is 228 Å². The highest BCUT2D eigenvalue weighted by Crippen LogP contribution is 2.27. The van der Waals surface area contributed by atoms with Crippen LogP contribution in [0.25, 0.3) is 10.9 Å². The van der Waals surface area contributed by atoms with Gasteiger partial charge in [0, 0.05) is 63.1 Å². The minimum atomic E-state index is -1.37. The second-order valence-corrected chi connectivity index (χ2v) is 15.4. The van der Waals surface area contributed by atoms with E-state index in [0.717, 1.165) is 22.9 Å². The van der Waals surface area contributed by atoms with Crippen LogP contribution in [0, 0.1) is 5.82 Å². The van der Waals surface area contributed by atoms with Crippen molar-refractivity contribution in [3.05, 3.63) is 118 Å². The van der Waals surface area contributed by atoms with Crippen molar-refractivity contribution in [3.8, 4) is 0 Å². The Hall–Kier alpha value is -7.18. The van der Waals surface area contributed by atoms with Gasteiger partial charge < -0.3 is 50.6 Å². The van der Waals surface area contributed by atoms with Gasteiger partial charge in [-0.05, 0) is 69.0 Å². The van der Waals surface area contributed by atoms with Gasteiger partial charge in [-0.15, -0.1) is 5.10 Å². The molecule has 1 saturated heterocycles. The van der Waals surface area contributed by atoms with E-state index in [4.69, 9.17) is 15.2 Å². The average molecular weight is 855 g/mol. The van der Waals surface area contributed by atoms with E-state index in [2.05, 4.69) is 26.3 Å². The Morgan fingerprint density at radius 3 is 2.32 bits per heavy atom. The van der Waals surface area contributed by atoms with Crippen LogP contribution < -0.4 is 32.0 Å². The van der Waals surface area contributed by atoms with Gasteiger partial charge in [-0.3, -0.25) is 4.79 Å². The molecule has 5 aromatic rings. The Morgan fingerprint density at radius 1 is 0.952 bits per heavy atom. The number of carbonyl (C=O) groups excluding carboxylic acids is 3. The second-order valence-electron chi connectivity index (χ2n) is 15.4. The molecule has 1 fully saturated rings. The summed E-state index contributed by atoms with van der Waals surface area (Å²) >= 11 is 0. The summed E-state index contributed by atoms with van der Waals surface area (Å²) in [6, 6.07) is 18.6. The van der Waals surface area contributed by atoms with Crippen molar-refractivity contribution in [2.45, 2.75) is 65.0 Å². The van der Waals surface area contributed by atoms with Gasteiger partial charge in [0.05, 0.1) is 29.0 Å². The highest BCUT2D eigenvalue weighted by atomic mass is 19.1. The fraction of sp³-hybridized carbons (Fsp3) is 0.372. The van der Waals surface area contributed by atoms with Gasteiger partial charge in [0.15, 0.2) is 0 Å². The zero-order valence-electron chi connectivity index (χ0n) is 34.8. The molecular formula is C43H51FN10O8. The van der Waals surface area contributed by atoms with Gasteiger partial charge in [0.2, 0.25) is 5.43 Å². The number of pyridine rings is 1. The molecular weight excluding hydrogens is 804 g/mol. The Balaban J connectivity index is 1.00. The fourth-order valence-corrected chi connectivity index (χ4v) is 7.07. The SMILES string of the molecule is CCn1cc(C(=O)O)c(=O)c2cc(F)c(N3CCN(C(=O)OCc4ccc(NC[C@H](CCCNC(N)=O)n5cc(C(C)(C)NC(=O)OCc6ccccc6)nn5)cc4)CC3)cc21. The summed E-state index contributed by atoms with van der Waals surface area (Å²) < 4.78 is 29.7. The summed E-state index contributed by atoms with van der Waals surface area (Å²) in [6.07, 6.45) is 3.16. The minimum absolute atomic E-state index is 0.00845. The van der Waals surface area contributed by atoms with E-state index in [1.54, 1.807) is 52.1 Å². The molecule has 0 radical (unpaired) electrons. The number of nitrogens with two attached hydrogens (primary N) is 1. The number of benzene rings is 3. The predicted octanol–water partition coefficient (Wildman–Crippen LogP) is 5.17. The maximum absolute atomic E-state index is 15.3. The third-order valence-electron chi connectivity index (χ3n) is 10.6. The number of ether oxygens (including phenoxy) is 2. The van der Waals surface area contributed by atoms with E-state index in [-0.39, 0.29) is 43.4 Å². The van der Waals surface area contributed by atoms with Crippen molar-refractivity contribution in [2.24, 2.45) is 5.73 Å². The zero-order valence-corrected chi connectivity index (χ0v) is 34.8. The molecule has 1 atom stereocenters. The molecule has 328 valence electrons. The first-order valence-electron chi connectivity index (χ1n) is 20.3. The van der Waals surface area contributed by atoms with E-state index < -0.39 is 46.5 Å². The number of carboxylic acid groups (broad SMARTS) is 1. The normalized spacial score (nSPS) is 13.4. The lowest BCUT2D eigenvalue weighted by atomic mass is 10.0. The largest absolute Gasteiger partial charge is 0.477 e. The van der Waals surface area contributed by atoms with Crippen molar-refractivity contribution in [1.29, 1.82) is 0 Å². The van der Waals surface area contributed by atoms with Crippen LogP contribution in [0.3, 0.4) is 0 Å². The molecule has 0 aliphatic carbocycles. The molecule has 18 nitrogen and oxygen atoms in total. The summed E-state index contributed by atoms with van der Waals surface area (Å²) in [6.45, 7) is 7.96. The number of halogens is 1. The van der Waals surface area contributed by atoms with Gasteiger partial charge in [-0.25, -0.2) is 28.3 Å².